The fourth-order valence-corrected chi connectivity index (χ4v) is 1.34. The van der Waals surface area contributed by atoms with Gasteiger partial charge in [-0.25, -0.2) is 0 Å². The Balaban J connectivity index is 2.86. The molecule has 1 aromatic carbocycles. The number of unbranched alkanes of at least 4 members (excludes halogenated alkanes) is 1. The Bertz CT molecular complexity index is 496. The van der Waals surface area contributed by atoms with E-state index in [-0.39, 0.29) is 11.4 Å². The predicted molar refractivity (Wildman–Crippen MR) is 65.7 cm³/mol. The molecule has 0 aliphatic heterocycles. The molecule has 0 aliphatic carbocycles. The second-order valence-electron chi connectivity index (χ2n) is 3.38. The molecule has 0 heterocycles. The lowest BCUT2D eigenvalue weighted by molar-refractivity contribution is -0.383. The highest BCUT2D eigenvalue weighted by atomic mass is 16.6. The molecule has 94 valence electrons. The molecule has 1 rings (SSSR count). The largest absolute Gasteiger partial charge is 0.379 e. The Morgan fingerprint density at radius 3 is 2.94 bits per heavy atom. The molecule has 0 spiro atoms. The lowest BCUT2D eigenvalue weighted by Gasteiger charge is -2.06. The van der Waals surface area contributed by atoms with E-state index in [9.17, 15) is 14.9 Å². The Morgan fingerprint density at radius 2 is 2.33 bits per heavy atom. The molecular weight excluding hydrogens is 238 g/mol. The number of carbonyl (C=O) groups excluding carboxylic acids is 1. The summed E-state index contributed by atoms with van der Waals surface area (Å²) in [6, 6.07) is 4.15. The minimum Gasteiger partial charge on any atom is -0.379 e. The normalized spacial score (nSPS) is 9.33. The van der Waals surface area contributed by atoms with Crippen molar-refractivity contribution in [2.45, 2.75) is 12.8 Å². The van der Waals surface area contributed by atoms with Gasteiger partial charge in [0.05, 0.1) is 4.92 Å². The summed E-state index contributed by atoms with van der Waals surface area (Å²) >= 11 is 0. The molecule has 0 radical (unpaired) electrons. The highest BCUT2D eigenvalue weighted by Crippen LogP contribution is 2.29. The molecule has 1 aromatic rings. The fourth-order valence-electron chi connectivity index (χ4n) is 1.34. The van der Waals surface area contributed by atoms with Crippen LogP contribution in [0.15, 0.2) is 23.3 Å². The van der Waals surface area contributed by atoms with E-state index in [1.165, 1.54) is 18.2 Å². The number of rotatable bonds is 7. The van der Waals surface area contributed by atoms with Gasteiger partial charge >= 0.3 is 0 Å². The van der Waals surface area contributed by atoms with Gasteiger partial charge in [0.15, 0.2) is 0 Å². The molecular formula is C10H11N5O3. The zero-order valence-corrected chi connectivity index (χ0v) is 9.44. The first-order valence-electron chi connectivity index (χ1n) is 5.20. The maximum Gasteiger partial charge on any atom is 0.292 e. The van der Waals surface area contributed by atoms with E-state index < -0.39 is 4.92 Å². The Kier molecular flexibility index (Phi) is 5.14. The molecule has 8 heteroatoms. The summed E-state index contributed by atoms with van der Waals surface area (Å²) in [6.07, 6.45) is 1.79. The summed E-state index contributed by atoms with van der Waals surface area (Å²) in [5.74, 6) is 0. The van der Waals surface area contributed by atoms with Crippen molar-refractivity contribution >= 4 is 23.3 Å². The number of nitrogens with zero attached hydrogens (tertiary/aromatic N) is 4. The lowest BCUT2D eigenvalue weighted by atomic mass is 10.2. The van der Waals surface area contributed by atoms with Crippen molar-refractivity contribution in [1.29, 1.82) is 0 Å². The van der Waals surface area contributed by atoms with Crippen LogP contribution in [0.4, 0.5) is 17.1 Å². The van der Waals surface area contributed by atoms with Crippen LogP contribution in [-0.4, -0.2) is 17.8 Å². The van der Waals surface area contributed by atoms with E-state index in [1.54, 1.807) is 0 Å². The van der Waals surface area contributed by atoms with Crippen LogP contribution in [0.3, 0.4) is 0 Å². The van der Waals surface area contributed by atoms with Gasteiger partial charge in [-0.1, -0.05) is 11.2 Å². The standard InChI is InChI=1S/C10H11N5O3/c11-14-13-8-3-4-9(10(7-8)15(17)18)12-5-1-2-6-16/h3-4,6-7,12H,1-2,5H2. The second-order valence-corrected chi connectivity index (χ2v) is 3.38. The van der Waals surface area contributed by atoms with Crippen LogP contribution in [0.1, 0.15) is 12.8 Å². The number of anilines is 1. The van der Waals surface area contributed by atoms with E-state index in [0.717, 1.165) is 6.29 Å². The number of nitrogens with one attached hydrogen (secondary N) is 1. The monoisotopic (exact) mass is 249 g/mol. The molecule has 0 atom stereocenters. The smallest absolute Gasteiger partial charge is 0.292 e. The van der Waals surface area contributed by atoms with Gasteiger partial charge in [0, 0.05) is 29.6 Å². The van der Waals surface area contributed by atoms with Crippen molar-refractivity contribution in [2.24, 2.45) is 5.11 Å². The van der Waals surface area contributed by atoms with Crippen LogP contribution in [0.5, 0.6) is 0 Å². The molecule has 0 aliphatic rings. The van der Waals surface area contributed by atoms with Gasteiger partial charge in [-0.15, -0.1) is 0 Å². The van der Waals surface area contributed by atoms with Crippen molar-refractivity contribution < 1.29 is 9.72 Å². The quantitative estimate of drug-likeness (QED) is 0.152. The third-order valence-electron chi connectivity index (χ3n) is 2.15. The van der Waals surface area contributed by atoms with Crippen LogP contribution in [-0.2, 0) is 4.79 Å². The predicted octanol–water partition coefficient (Wildman–Crippen LogP) is 2.93. The van der Waals surface area contributed by atoms with Crippen molar-refractivity contribution in [2.75, 3.05) is 11.9 Å². The Labute approximate surface area is 102 Å². The second kappa shape index (κ2) is 6.87. The Hall–Kier alpha value is -2.60. The van der Waals surface area contributed by atoms with Crippen LogP contribution < -0.4 is 5.32 Å². The number of aldehydes is 1. The molecule has 0 saturated carbocycles. The molecule has 18 heavy (non-hydrogen) atoms. The molecule has 0 saturated heterocycles. The SMILES string of the molecule is [N-]=[N+]=Nc1ccc(NCCCC=O)c([N+](=O)[O-])c1. The maximum atomic E-state index is 10.8. The van der Waals surface area contributed by atoms with E-state index in [4.69, 9.17) is 5.53 Å². The van der Waals surface area contributed by atoms with E-state index >= 15 is 0 Å². The average molecular weight is 249 g/mol. The number of benzene rings is 1. The number of nitro groups is 1. The third kappa shape index (κ3) is 3.76. The highest BCUT2D eigenvalue weighted by Gasteiger charge is 2.13. The van der Waals surface area contributed by atoms with Crippen molar-refractivity contribution in [1.82, 2.24) is 0 Å². The van der Waals surface area contributed by atoms with E-state index in [2.05, 4.69) is 15.3 Å². The van der Waals surface area contributed by atoms with Gasteiger partial charge in [0.25, 0.3) is 5.69 Å². The molecule has 0 unspecified atom stereocenters. The average Bonchev–Trinajstić information content (AvgIpc) is 2.36. The van der Waals surface area contributed by atoms with Gasteiger partial charge < -0.3 is 10.1 Å². The van der Waals surface area contributed by atoms with Gasteiger partial charge in [0.1, 0.15) is 12.0 Å². The minimum atomic E-state index is -0.557. The van der Waals surface area contributed by atoms with Crippen LogP contribution in [0.25, 0.3) is 10.4 Å². The summed E-state index contributed by atoms with van der Waals surface area (Å²) in [5.41, 5.74) is 8.62. The van der Waals surface area contributed by atoms with Crippen LogP contribution >= 0.6 is 0 Å². The van der Waals surface area contributed by atoms with Gasteiger partial charge in [-0.3, -0.25) is 10.1 Å². The van der Waals surface area contributed by atoms with Gasteiger partial charge in [-0.05, 0) is 18.0 Å². The first kappa shape index (κ1) is 13.5. The summed E-state index contributed by atoms with van der Waals surface area (Å²) in [5, 5.41) is 17.0. The first-order chi connectivity index (χ1) is 8.69. The zero-order chi connectivity index (χ0) is 13.4. The van der Waals surface area contributed by atoms with Crippen molar-refractivity contribution in [3.63, 3.8) is 0 Å². The zero-order valence-electron chi connectivity index (χ0n) is 9.44. The molecule has 8 nitrogen and oxygen atoms in total. The molecule has 0 bridgehead atoms. The lowest BCUT2D eigenvalue weighted by Crippen LogP contribution is -2.04. The molecule has 0 amide bonds. The van der Waals surface area contributed by atoms with Crippen molar-refractivity contribution in [3.8, 4) is 0 Å². The number of nitro benzene ring substituents is 1. The number of azide groups is 1. The van der Waals surface area contributed by atoms with E-state index in [1.807, 2.05) is 0 Å². The fraction of sp³-hybridized carbons (Fsp3) is 0.300. The third-order valence-corrected chi connectivity index (χ3v) is 2.15. The maximum absolute atomic E-state index is 10.8. The van der Waals surface area contributed by atoms with E-state index in [0.29, 0.717) is 25.1 Å². The molecule has 1 N–H and O–H groups in total. The summed E-state index contributed by atoms with van der Waals surface area (Å²) in [6.45, 7) is 0.459. The topological polar surface area (TPSA) is 121 Å². The number of hydrogen-bond acceptors (Lipinski definition) is 5. The summed E-state index contributed by atoms with van der Waals surface area (Å²) in [7, 11) is 0. The minimum absolute atomic E-state index is 0.161. The van der Waals surface area contributed by atoms with Crippen LogP contribution in [0.2, 0.25) is 0 Å². The molecule has 0 aromatic heterocycles. The molecule has 0 fully saturated rings. The number of carbonyl (C=O) groups is 1. The highest BCUT2D eigenvalue weighted by molar-refractivity contribution is 5.66. The summed E-state index contributed by atoms with van der Waals surface area (Å²) < 4.78 is 0. The van der Waals surface area contributed by atoms with Gasteiger partial charge in [0.2, 0.25) is 0 Å². The van der Waals surface area contributed by atoms with Gasteiger partial charge in [-0.2, -0.15) is 0 Å². The first-order valence-corrected chi connectivity index (χ1v) is 5.20. The summed E-state index contributed by atoms with van der Waals surface area (Å²) in [4.78, 5) is 23.0. The Morgan fingerprint density at radius 1 is 1.56 bits per heavy atom. The van der Waals surface area contributed by atoms with Crippen LogP contribution in [0, 0.1) is 10.1 Å². The number of hydrogen-bond donors (Lipinski definition) is 1. The van der Waals surface area contributed by atoms with Crippen molar-refractivity contribution in [3.05, 3.63) is 38.8 Å².